The standard InChI is InChI=1S/C14H17N2O2.U/c1-11(14(18)16-9-5-6-10-16)15-13(17)12-7-3-2-4-8-12;/h2-4,7-9,11H,5-6,10H2,1H3,(H,15,17);/q-1;. The van der Waals surface area contributed by atoms with Crippen LogP contribution in [0, 0.1) is 37.7 Å². The zero-order valence-corrected chi connectivity index (χ0v) is 15.1. The summed E-state index contributed by atoms with van der Waals surface area (Å²) >= 11 is 0. The molecule has 0 bridgehead atoms. The molecule has 1 aromatic carbocycles. The van der Waals surface area contributed by atoms with Crippen LogP contribution in [0.4, 0.5) is 0 Å². The molecule has 2 amide bonds. The molecule has 100 valence electrons. The molecule has 0 radical (unpaired) electrons. The van der Waals surface area contributed by atoms with Gasteiger partial charge >= 0.3 is 0 Å². The molecule has 0 aromatic heterocycles. The third-order valence-corrected chi connectivity index (χ3v) is 2.99. The van der Waals surface area contributed by atoms with E-state index in [1.807, 2.05) is 12.6 Å². The summed E-state index contributed by atoms with van der Waals surface area (Å²) in [5, 5.41) is 2.72. The van der Waals surface area contributed by atoms with Gasteiger partial charge < -0.3 is 10.2 Å². The van der Waals surface area contributed by atoms with E-state index in [0.717, 1.165) is 19.4 Å². The van der Waals surface area contributed by atoms with Gasteiger partial charge in [0, 0.05) is 36.7 Å². The van der Waals surface area contributed by atoms with Gasteiger partial charge in [-0.15, -0.1) is 0 Å². The third kappa shape index (κ3) is 4.36. The van der Waals surface area contributed by atoms with E-state index < -0.39 is 6.04 Å². The number of carbonyl (C=O) groups excluding carboxylic acids is 2. The molecular formula is C14H17N2O2U-. The van der Waals surface area contributed by atoms with Gasteiger partial charge in [-0.3, -0.25) is 9.59 Å². The van der Waals surface area contributed by atoms with Crippen LogP contribution in [0.5, 0.6) is 0 Å². The number of likely N-dealkylation sites (tertiary alicyclic amines) is 1. The third-order valence-electron chi connectivity index (χ3n) is 2.99. The number of nitrogens with one attached hydrogen (secondary N) is 1. The largest absolute Gasteiger partial charge is 0.491 e. The second-order valence-corrected chi connectivity index (χ2v) is 4.42. The Kier molecular flexibility index (Phi) is 6.61. The number of benzene rings is 1. The Morgan fingerprint density at radius 3 is 2.58 bits per heavy atom. The van der Waals surface area contributed by atoms with Gasteiger partial charge in [0.25, 0.3) is 5.91 Å². The number of amides is 2. The average molecular weight is 483 g/mol. The molecule has 1 heterocycles. The number of nitrogens with zero attached hydrogens (tertiary/aromatic N) is 1. The normalized spacial score (nSPS) is 15.5. The van der Waals surface area contributed by atoms with Crippen LogP contribution < -0.4 is 5.32 Å². The van der Waals surface area contributed by atoms with Crippen molar-refractivity contribution >= 4 is 11.8 Å². The predicted molar refractivity (Wildman–Crippen MR) is 68.6 cm³/mol. The summed E-state index contributed by atoms with van der Waals surface area (Å²) in [4.78, 5) is 25.6. The molecule has 1 N–H and O–H groups in total. The van der Waals surface area contributed by atoms with E-state index in [2.05, 4.69) is 5.32 Å². The molecule has 19 heavy (non-hydrogen) atoms. The summed E-state index contributed by atoms with van der Waals surface area (Å²) < 4.78 is 0. The fourth-order valence-electron chi connectivity index (χ4n) is 1.98. The predicted octanol–water partition coefficient (Wildman–Crippen LogP) is 1.59. The fraction of sp³-hybridized carbons (Fsp3) is 0.357. The minimum absolute atomic E-state index is 0. The van der Waals surface area contributed by atoms with Crippen molar-refractivity contribution in [1.29, 1.82) is 0 Å². The molecule has 1 aliphatic heterocycles. The van der Waals surface area contributed by atoms with E-state index >= 15 is 0 Å². The van der Waals surface area contributed by atoms with Gasteiger partial charge in [0.2, 0.25) is 5.91 Å². The van der Waals surface area contributed by atoms with Crippen LogP contribution >= 0.6 is 0 Å². The maximum absolute atomic E-state index is 12.0. The van der Waals surface area contributed by atoms with E-state index in [9.17, 15) is 9.59 Å². The first-order chi connectivity index (χ1) is 8.68. The van der Waals surface area contributed by atoms with Crippen LogP contribution in [0.15, 0.2) is 30.3 Å². The molecule has 2 rings (SSSR count). The molecule has 1 unspecified atom stereocenters. The average Bonchev–Trinajstić information content (AvgIpc) is 2.92. The van der Waals surface area contributed by atoms with Crippen LogP contribution in [-0.4, -0.2) is 29.3 Å². The van der Waals surface area contributed by atoms with E-state index in [-0.39, 0.29) is 42.9 Å². The fourth-order valence-corrected chi connectivity index (χ4v) is 1.98. The molecule has 1 fully saturated rings. The maximum atomic E-state index is 12.0. The van der Waals surface area contributed by atoms with Gasteiger partial charge in [0.1, 0.15) is 6.04 Å². The summed E-state index contributed by atoms with van der Waals surface area (Å²) in [7, 11) is 0. The molecule has 0 aliphatic carbocycles. The van der Waals surface area contributed by atoms with E-state index in [4.69, 9.17) is 0 Å². The van der Waals surface area contributed by atoms with Crippen molar-refractivity contribution in [3.63, 3.8) is 0 Å². The van der Waals surface area contributed by atoms with Crippen LogP contribution in [0.25, 0.3) is 0 Å². The number of hydrogen-bond acceptors (Lipinski definition) is 2. The van der Waals surface area contributed by atoms with Crippen molar-refractivity contribution in [3.05, 3.63) is 42.4 Å². The Hall–Kier alpha value is -0.788. The Morgan fingerprint density at radius 1 is 1.32 bits per heavy atom. The minimum Gasteiger partial charge on any atom is -0.491 e. The van der Waals surface area contributed by atoms with Crippen molar-refractivity contribution < 1.29 is 40.7 Å². The molecule has 1 atom stereocenters. The maximum Gasteiger partial charge on any atom is 0.251 e. The van der Waals surface area contributed by atoms with Gasteiger partial charge in [0.15, 0.2) is 0 Å². The van der Waals surface area contributed by atoms with Crippen molar-refractivity contribution in [2.45, 2.75) is 25.8 Å². The van der Waals surface area contributed by atoms with Gasteiger partial charge in [-0.25, -0.2) is 6.54 Å². The Bertz CT molecular complexity index is 430. The van der Waals surface area contributed by atoms with Crippen LogP contribution in [-0.2, 0) is 4.79 Å². The van der Waals surface area contributed by atoms with Crippen LogP contribution in [0.3, 0.4) is 0 Å². The molecule has 0 saturated carbocycles. The second-order valence-electron chi connectivity index (χ2n) is 4.42. The SMILES string of the molecule is CC(NC(=O)c1ccccc1)C(=O)N1[CH-]CCC1.[U]. The first kappa shape index (κ1) is 16.3. The topological polar surface area (TPSA) is 49.4 Å². The molecule has 1 aromatic rings. The van der Waals surface area contributed by atoms with Crippen LogP contribution in [0.2, 0.25) is 0 Å². The van der Waals surface area contributed by atoms with Crippen molar-refractivity contribution in [2.75, 3.05) is 6.54 Å². The molecule has 0 spiro atoms. The summed E-state index contributed by atoms with van der Waals surface area (Å²) in [5.74, 6) is -0.257. The van der Waals surface area contributed by atoms with E-state index in [1.165, 1.54) is 0 Å². The zero-order valence-electron chi connectivity index (χ0n) is 10.9. The first-order valence-corrected chi connectivity index (χ1v) is 6.18. The van der Waals surface area contributed by atoms with Crippen LogP contribution in [0.1, 0.15) is 30.1 Å². The smallest absolute Gasteiger partial charge is 0.251 e. The summed E-state index contributed by atoms with van der Waals surface area (Å²) in [6.07, 6.45) is 1.94. The minimum atomic E-state index is -0.493. The summed E-state index contributed by atoms with van der Waals surface area (Å²) in [6, 6.07) is 8.42. The summed E-state index contributed by atoms with van der Waals surface area (Å²) in [6.45, 7) is 4.37. The molecule has 1 aliphatic rings. The van der Waals surface area contributed by atoms with Gasteiger partial charge in [-0.2, -0.15) is 6.42 Å². The monoisotopic (exact) mass is 483 g/mol. The van der Waals surface area contributed by atoms with Crippen molar-refractivity contribution in [1.82, 2.24) is 10.2 Å². The molecular weight excluding hydrogens is 466 g/mol. The molecule has 4 nitrogen and oxygen atoms in total. The Balaban J connectivity index is 0.00000180. The van der Waals surface area contributed by atoms with E-state index in [1.54, 1.807) is 36.1 Å². The number of hydrogen-bond donors (Lipinski definition) is 1. The Morgan fingerprint density at radius 2 is 2.00 bits per heavy atom. The van der Waals surface area contributed by atoms with Gasteiger partial charge in [-0.05, 0) is 25.6 Å². The van der Waals surface area contributed by atoms with Crippen molar-refractivity contribution in [2.24, 2.45) is 0 Å². The first-order valence-electron chi connectivity index (χ1n) is 6.18. The number of carbonyl (C=O) groups is 2. The number of rotatable bonds is 3. The van der Waals surface area contributed by atoms with Crippen molar-refractivity contribution in [3.8, 4) is 0 Å². The zero-order chi connectivity index (χ0) is 13.0. The molecule has 1 saturated heterocycles. The Labute approximate surface area is 137 Å². The quantitative estimate of drug-likeness (QED) is 0.665. The molecule has 5 heteroatoms. The van der Waals surface area contributed by atoms with Gasteiger partial charge in [0.05, 0.1) is 0 Å². The van der Waals surface area contributed by atoms with E-state index in [0.29, 0.717) is 5.56 Å². The second kappa shape index (κ2) is 7.72. The van der Waals surface area contributed by atoms with Gasteiger partial charge in [-0.1, -0.05) is 24.6 Å². The summed E-state index contributed by atoms with van der Waals surface area (Å²) in [5.41, 5.74) is 0.572.